The third kappa shape index (κ3) is 6.13. The van der Waals surface area contributed by atoms with Crippen LogP contribution in [0.1, 0.15) is 38.8 Å². The van der Waals surface area contributed by atoms with Gasteiger partial charge in [0.1, 0.15) is 11.8 Å². The molecule has 1 N–H and O–H groups in total. The predicted molar refractivity (Wildman–Crippen MR) is 121 cm³/mol. The maximum atomic E-state index is 13.0. The smallest absolute Gasteiger partial charge is 0.261 e. The highest BCUT2D eigenvalue weighted by molar-refractivity contribution is 6.36. The number of carbonyl (C=O) groups excluding carboxylic acids is 2. The lowest BCUT2D eigenvalue weighted by molar-refractivity contribution is -0.142. The highest BCUT2D eigenvalue weighted by atomic mass is 35.5. The van der Waals surface area contributed by atoms with E-state index >= 15 is 0 Å². The first-order valence-electron chi connectivity index (χ1n) is 9.72. The van der Waals surface area contributed by atoms with Crippen LogP contribution in [0.5, 0.6) is 5.75 Å². The quantitative estimate of drug-likeness (QED) is 0.656. The summed E-state index contributed by atoms with van der Waals surface area (Å²) in [4.78, 5) is 26.6. The number of nitrogens with zero attached hydrogens (tertiary/aromatic N) is 1. The first kappa shape index (κ1) is 24.0. The molecular formula is C23H28Cl2N2O3. The number of nitrogens with one attached hydrogen (secondary N) is 1. The summed E-state index contributed by atoms with van der Waals surface area (Å²) in [7, 11) is 1.53. The van der Waals surface area contributed by atoms with Crippen molar-refractivity contribution in [1.29, 1.82) is 0 Å². The van der Waals surface area contributed by atoms with E-state index < -0.39 is 6.04 Å². The number of carbonyl (C=O) groups is 2. The number of hydrogen-bond donors (Lipinski definition) is 1. The molecule has 0 aromatic heterocycles. The summed E-state index contributed by atoms with van der Waals surface area (Å²) < 4.78 is 5.69. The van der Waals surface area contributed by atoms with Crippen molar-refractivity contribution in [3.8, 4) is 5.75 Å². The molecule has 5 nitrogen and oxygen atoms in total. The van der Waals surface area contributed by atoms with E-state index in [0.717, 1.165) is 0 Å². The van der Waals surface area contributed by atoms with Crippen LogP contribution in [0.3, 0.4) is 0 Å². The Hall–Kier alpha value is -2.24. The van der Waals surface area contributed by atoms with Gasteiger partial charge in [-0.25, -0.2) is 0 Å². The molecule has 0 radical (unpaired) electrons. The Balaban J connectivity index is 2.17. The Morgan fingerprint density at radius 3 is 2.13 bits per heavy atom. The normalized spacial score (nSPS) is 12.2. The lowest BCUT2D eigenvalue weighted by Crippen LogP contribution is -2.48. The van der Waals surface area contributed by atoms with Crippen molar-refractivity contribution in [2.75, 3.05) is 13.7 Å². The molecule has 0 unspecified atom stereocenters. The molecule has 0 aliphatic rings. The van der Waals surface area contributed by atoms with Crippen molar-refractivity contribution in [3.63, 3.8) is 0 Å². The van der Waals surface area contributed by atoms with Crippen molar-refractivity contribution < 1.29 is 14.3 Å². The van der Waals surface area contributed by atoms with Crippen molar-refractivity contribution in [3.05, 3.63) is 63.6 Å². The molecule has 2 amide bonds. The van der Waals surface area contributed by atoms with Gasteiger partial charge in [-0.2, -0.15) is 0 Å². The average molecular weight is 451 g/mol. The zero-order valence-corrected chi connectivity index (χ0v) is 19.5. The zero-order chi connectivity index (χ0) is 22.5. The molecule has 0 fully saturated rings. The Bertz CT molecular complexity index is 872. The van der Waals surface area contributed by atoms with Gasteiger partial charge in [0.2, 0.25) is 5.91 Å². The second-order valence-corrected chi connectivity index (χ2v) is 8.89. The number of halogens is 2. The molecule has 2 aromatic rings. The van der Waals surface area contributed by atoms with Gasteiger partial charge in [-0.1, -0.05) is 62.2 Å². The van der Waals surface area contributed by atoms with Gasteiger partial charge >= 0.3 is 0 Å². The Morgan fingerprint density at radius 2 is 1.63 bits per heavy atom. The van der Waals surface area contributed by atoms with Crippen molar-refractivity contribution in [2.45, 2.75) is 45.7 Å². The van der Waals surface area contributed by atoms with Crippen LogP contribution in [0, 0.1) is 0 Å². The Kier molecular flexibility index (Phi) is 8.16. The minimum Gasteiger partial charge on any atom is -0.484 e. The van der Waals surface area contributed by atoms with E-state index in [1.165, 1.54) is 17.5 Å². The van der Waals surface area contributed by atoms with Crippen LogP contribution in [0.4, 0.5) is 0 Å². The van der Waals surface area contributed by atoms with E-state index in [1.54, 1.807) is 25.1 Å². The molecule has 7 heteroatoms. The monoisotopic (exact) mass is 450 g/mol. The summed E-state index contributed by atoms with van der Waals surface area (Å²) >= 11 is 12.5. The minimum absolute atomic E-state index is 0.0301. The van der Waals surface area contributed by atoms with E-state index in [9.17, 15) is 9.59 Å². The van der Waals surface area contributed by atoms with Gasteiger partial charge < -0.3 is 15.0 Å². The molecule has 30 heavy (non-hydrogen) atoms. The van der Waals surface area contributed by atoms with Gasteiger partial charge in [-0.05, 0) is 42.2 Å². The lowest BCUT2D eigenvalue weighted by atomic mass is 9.87. The van der Waals surface area contributed by atoms with E-state index in [2.05, 4.69) is 26.1 Å². The average Bonchev–Trinajstić information content (AvgIpc) is 2.70. The first-order valence-corrected chi connectivity index (χ1v) is 10.5. The van der Waals surface area contributed by atoms with Crippen LogP contribution < -0.4 is 10.1 Å². The summed E-state index contributed by atoms with van der Waals surface area (Å²) in [5.74, 6) is -0.0530. The van der Waals surface area contributed by atoms with Crippen molar-refractivity contribution in [1.82, 2.24) is 10.2 Å². The number of amides is 2. The van der Waals surface area contributed by atoms with Gasteiger partial charge in [0.25, 0.3) is 5.91 Å². The zero-order valence-electron chi connectivity index (χ0n) is 18.0. The van der Waals surface area contributed by atoms with Crippen LogP contribution in [0.15, 0.2) is 42.5 Å². The first-order chi connectivity index (χ1) is 14.0. The van der Waals surface area contributed by atoms with Gasteiger partial charge in [0.05, 0.1) is 0 Å². The number of likely N-dealkylation sites (N-methyl/N-ethyl adjacent to an activating group) is 1. The van der Waals surface area contributed by atoms with E-state index in [0.29, 0.717) is 21.4 Å². The largest absolute Gasteiger partial charge is 0.484 e. The van der Waals surface area contributed by atoms with Crippen LogP contribution in [0.2, 0.25) is 10.0 Å². The Morgan fingerprint density at radius 1 is 1.07 bits per heavy atom. The standard InChI is InChI=1S/C23H28Cl2N2O3/c1-15(22(29)26-5)27(13-18-19(24)7-6-8-20(18)25)21(28)14-30-17-11-9-16(10-12-17)23(2,3)4/h6-12,15H,13-14H2,1-5H3,(H,26,29)/t15-/m0/s1. The van der Waals surface area contributed by atoms with Crippen molar-refractivity contribution in [2.24, 2.45) is 0 Å². The molecule has 0 spiro atoms. The van der Waals surface area contributed by atoms with Gasteiger partial charge in [-0.3, -0.25) is 9.59 Å². The summed E-state index contributed by atoms with van der Waals surface area (Å²) in [5.41, 5.74) is 1.78. The third-order valence-corrected chi connectivity index (χ3v) is 5.59. The summed E-state index contributed by atoms with van der Waals surface area (Å²) in [6.07, 6.45) is 0. The van der Waals surface area contributed by atoms with Crippen LogP contribution in [-0.2, 0) is 21.5 Å². The van der Waals surface area contributed by atoms with E-state index in [1.807, 2.05) is 24.3 Å². The summed E-state index contributed by atoms with van der Waals surface area (Å²) in [5, 5.41) is 3.44. The topological polar surface area (TPSA) is 58.6 Å². The number of ether oxygens (including phenoxy) is 1. The summed E-state index contributed by atoms with van der Waals surface area (Å²) in [6.45, 7) is 7.93. The molecule has 0 saturated heterocycles. The molecule has 1 atom stereocenters. The number of rotatable bonds is 7. The highest BCUT2D eigenvalue weighted by Gasteiger charge is 2.27. The molecular weight excluding hydrogens is 423 g/mol. The Labute approximate surface area is 188 Å². The van der Waals surface area contributed by atoms with Gasteiger partial charge in [-0.15, -0.1) is 0 Å². The SMILES string of the molecule is CNC(=O)[C@H](C)N(Cc1c(Cl)cccc1Cl)C(=O)COc1ccc(C(C)(C)C)cc1. The molecule has 0 bridgehead atoms. The number of hydrogen-bond acceptors (Lipinski definition) is 3. The fourth-order valence-corrected chi connectivity index (χ4v) is 3.44. The van der Waals surface area contributed by atoms with Crippen LogP contribution >= 0.6 is 23.2 Å². The molecule has 2 aromatic carbocycles. The second kappa shape index (κ2) is 10.2. The molecule has 2 rings (SSSR count). The predicted octanol–water partition coefficient (Wildman–Crippen LogP) is 4.83. The third-order valence-electron chi connectivity index (χ3n) is 4.89. The summed E-state index contributed by atoms with van der Waals surface area (Å²) in [6, 6.07) is 12.0. The second-order valence-electron chi connectivity index (χ2n) is 8.08. The maximum absolute atomic E-state index is 13.0. The molecule has 162 valence electrons. The van der Waals surface area contributed by atoms with E-state index in [4.69, 9.17) is 27.9 Å². The maximum Gasteiger partial charge on any atom is 0.261 e. The lowest BCUT2D eigenvalue weighted by Gasteiger charge is -2.29. The van der Waals surface area contributed by atoms with Gasteiger partial charge in [0, 0.05) is 29.2 Å². The highest BCUT2D eigenvalue weighted by Crippen LogP contribution is 2.27. The van der Waals surface area contributed by atoms with E-state index in [-0.39, 0.29) is 30.4 Å². The minimum atomic E-state index is -0.721. The fourth-order valence-electron chi connectivity index (χ4n) is 2.92. The van der Waals surface area contributed by atoms with Crippen molar-refractivity contribution >= 4 is 35.0 Å². The van der Waals surface area contributed by atoms with Crippen LogP contribution in [-0.4, -0.2) is 36.4 Å². The number of benzene rings is 2. The molecule has 0 aliphatic heterocycles. The van der Waals surface area contributed by atoms with Crippen LogP contribution in [0.25, 0.3) is 0 Å². The molecule has 0 saturated carbocycles. The van der Waals surface area contributed by atoms with Gasteiger partial charge in [0.15, 0.2) is 6.61 Å². The molecule has 0 aliphatic carbocycles. The fraction of sp³-hybridized carbons (Fsp3) is 0.391. The molecule has 0 heterocycles.